The lowest BCUT2D eigenvalue weighted by molar-refractivity contribution is 0.157. The monoisotopic (exact) mass is 344 g/mol. The molecule has 0 spiro atoms. The van der Waals surface area contributed by atoms with Crippen molar-refractivity contribution in [3.63, 3.8) is 0 Å². The molecular formula is C13H14Br2O. The van der Waals surface area contributed by atoms with E-state index in [-0.39, 0.29) is 11.5 Å². The fraction of sp³-hybridized carbons (Fsp3) is 0.385. The lowest BCUT2D eigenvalue weighted by atomic mass is 10.0. The molecule has 16 heavy (non-hydrogen) atoms. The van der Waals surface area contributed by atoms with Crippen LogP contribution in [0.1, 0.15) is 18.4 Å². The van der Waals surface area contributed by atoms with Gasteiger partial charge in [-0.25, -0.2) is 0 Å². The van der Waals surface area contributed by atoms with Crippen molar-refractivity contribution in [2.24, 2.45) is 5.41 Å². The second kappa shape index (κ2) is 4.63. The predicted octanol–water partition coefficient (Wildman–Crippen LogP) is 4.44. The number of methoxy groups -OCH3 is 1. The van der Waals surface area contributed by atoms with Crippen LogP contribution in [0, 0.1) is 5.41 Å². The van der Waals surface area contributed by atoms with Crippen LogP contribution in [0.4, 0.5) is 0 Å². The van der Waals surface area contributed by atoms with Crippen molar-refractivity contribution in [1.82, 2.24) is 0 Å². The van der Waals surface area contributed by atoms with E-state index in [1.54, 1.807) is 7.11 Å². The highest BCUT2D eigenvalue weighted by Gasteiger charge is 2.61. The highest BCUT2D eigenvalue weighted by atomic mass is 79.9. The maximum absolute atomic E-state index is 5.56. The van der Waals surface area contributed by atoms with E-state index in [1.807, 2.05) is 6.07 Å². The average molecular weight is 346 g/mol. The van der Waals surface area contributed by atoms with Gasteiger partial charge in [0.25, 0.3) is 0 Å². The van der Waals surface area contributed by atoms with Crippen LogP contribution in [0.2, 0.25) is 0 Å². The summed E-state index contributed by atoms with van der Waals surface area (Å²) in [6.07, 6.45) is 2.44. The third kappa shape index (κ3) is 2.13. The quantitative estimate of drug-likeness (QED) is 0.787. The Morgan fingerprint density at radius 1 is 1.31 bits per heavy atom. The lowest BCUT2D eigenvalue weighted by Crippen LogP contribution is -1.99. The molecule has 1 aliphatic carbocycles. The first-order valence-corrected chi connectivity index (χ1v) is 6.80. The van der Waals surface area contributed by atoms with Crippen molar-refractivity contribution in [3.8, 4) is 0 Å². The van der Waals surface area contributed by atoms with Gasteiger partial charge in [-0.1, -0.05) is 43.3 Å². The van der Waals surface area contributed by atoms with Crippen LogP contribution in [0.5, 0.6) is 0 Å². The fourth-order valence-corrected chi connectivity index (χ4v) is 3.47. The summed E-state index contributed by atoms with van der Waals surface area (Å²) in [6, 6.07) is 10.5. The van der Waals surface area contributed by atoms with Crippen LogP contribution in [-0.2, 0) is 4.74 Å². The zero-order valence-corrected chi connectivity index (χ0v) is 12.5. The summed E-state index contributed by atoms with van der Waals surface area (Å²) in [5.41, 5.74) is 1.42. The van der Waals surface area contributed by atoms with Crippen molar-refractivity contribution in [1.29, 1.82) is 0 Å². The van der Waals surface area contributed by atoms with E-state index in [0.29, 0.717) is 5.92 Å². The fourth-order valence-electron chi connectivity index (χ4n) is 2.48. The minimum atomic E-state index is 0.0818. The summed E-state index contributed by atoms with van der Waals surface area (Å²) in [5.74, 6) is 0.448. The van der Waals surface area contributed by atoms with Gasteiger partial charge in [-0.3, -0.25) is 0 Å². The summed E-state index contributed by atoms with van der Waals surface area (Å²) in [4.78, 5) is 0. The van der Waals surface area contributed by atoms with Crippen molar-refractivity contribution in [2.45, 2.75) is 18.9 Å². The molecule has 3 heteroatoms. The minimum absolute atomic E-state index is 0.0818. The van der Waals surface area contributed by atoms with Gasteiger partial charge in [0, 0.05) is 18.4 Å². The van der Waals surface area contributed by atoms with E-state index in [2.05, 4.69) is 69.1 Å². The first-order valence-electron chi connectivity index (χ1n) is 5.21. The van der Waals surface area contributed by atoms with E-state index < -0.39 is 0 Å². The Morgan fingerprint density at radius 3 is 2.44 bits per heavy atom. The number of hydrogen-bond acceptors (Lipinski definition) is 1. The normalized spacial score (nSPS) is 32.2. The Morgan fingerprint density at radius 2 is 1.94 bits per heavy atom. The van der Waals surface area contributed by atoms with Crippen LogP contribution in [-0.4, -0.2) is 13.2 Å². The Kier molecular flexibility index (Phi) is 3.57. The molecule has 0 aliphatic heterocycles. The van der Waals surface area contributed by atoms with Crippen LogP contribution < -0.4 is 0 Å². The number of benzene rings is 1. The topological polar surface area (TPSA) is 9.23 Å². The highest BCUT2D eigenvalue weighted by Crippen LogP contribution is 2.62. The van der Waals surface area contributed by atoms with Crippen LogP contribution in [0.3, 0.4) is 0 Å². The molecule has 86 valence electrons. The zero-order chi connectivity index (χ0) is 11.8. The SMILES string of the molecule is CO[C@H]1[C@@H](c2ccccc2)[C@]1(C)C=C(Br)Br. The summed E-state index contributed by atoms with van der Waals surface area (Å²) < 4.78 is 6.55. The van der Waals surface area contributed by atoms with E-state index >= 15 is 0 Å². The van der Waals surface area contributed by atoms with Crippen molar-refractivity contribution in [2.75, 3.05) is 7.11 Å². The maximum atomic E-state index is 5.56. The van der Waals surface area contributed by atoms with E-state index in [4.69, 9.17) is 4.74 Å². The molecule has 0 heterocycles. The molecule has 0 aromatic heterocycles. The molecular weight excluding hydrogens is 332 g/mol. The summed E-state index contributed by atoms with van der Waals surface area (Å²) in [5, 5.41) is 0. The molecule has 0 radical (unpaired) electrons. The second-order valence-corrected chi connectivity index (χ2v) is 7.12. The van der Waals surface area contributed by atoms with Gasteiger partial charge in [0.1, 0.15) is 0 Å². The van der Waals surface area contributed by atoms with Crippen LogP contribution in [0.25, 0.3) is 0 Å². The summed E-state index contributed by atoms with van der Waals surface area (Å²) >= 11 is 6.86. The van der Waals surface area contributed by atoms with Crippen LogP contribution >= 0.6 is 31.9 Å². The van der Waals surface area contributed by atoms with E-state index in [0.717, 1.165) is 3.39 Å². The van der Waals surface area contributed by atoms with Crippen LogP contribution in [0.15, 0.2) is 39.8 Å². The molecule has 1 aromatic rings. The van der Waals surface area contributed by atoms with Crippen molar-refractivity contribution >= 4 is 31.9 Å². The first-order chi connectivity index (χ1) is 7.59. The molecule has 3 atom stereocenters. The van der Waals surface area contributed by atoms with Gasteiger partial charge in [-0.2, -0.15) is 0 Å². The van der Waals surface area contributed by atoms with E-state index in [1.165, 1.54) is 5.56 Å². The predicted molar refractivity (Wildman–Crippen MR) is 74.0 cm³/mol. The molecule has 1 aromatic carbocycles. The average Bonchev–Trinajstić information content (AvgIpc) is 2.83. The summed E-state index contributed by atoms with van der Waals surface area (Å²) in [7, 11) is 1.78. The van der Waals surface area contributed by atoms with Gasteiger partial charge in [0.05, 0.1) is 9.50 Å². The molecule has 0 amide bonds. The lowest BCUT2D eigenvalue weighted by Gasteiger charge is -2.04. The number of rotatable bonds is 3. The number of ether oxygens (including phenoxy) is 1. The Balaban J connectivity index is 2.28. The van der Waals surface area contributed by atoms with Gasteiger partial charge >= 0.3 is 0 Å². The third-order valence-electron chi connectivity index (χ3n) is 3.31. The van der Waals surface area contributed by atoms with Crippen molar-refractivity contribution in [3.05, 3.63) is 45.4 Å². The molecule has 1 nitrogen and oxygen atoms in total. The number of halogens is 2. The molecule has 0 unspecified atom stereocenters. The van der Waals surface area contributed by atoms with Gasteiger partial charge in [0.2, 0.25) is 0 Å². The molecule has 0 bridgehead atoms. The van der Waals surface area contributed by atoms with Gasteiger partial charge in [-0.15, -0.1) is 0 Å². The molecule has 0 N–H and O–H groups in total. The molecule has 1 fully saturated rings. The molecule has 2 rings (SSSR count). The Hall–Kier alpha value is -0.120. The zero-order valence-electron chi connectivity index (χ0n) is 9.28. The maximum Gasteiger partial charge on any atom is 0.0744 e. The Labute approximate surface area is 113 Å². The van der Waals surface area contributed by atoms with Crippen molar-refractivity contribution < 1.29 is 4.74 Å². The standard InChI is InChI=1S/C13H14Br2O/c1-13(8-10(14)15)11(12(13)16-2)9-6-4-3-5-7-9/h3-8,11-12H,1-2H3/t11-,12+,13+/m1/s1. The number of hydrogen-bond donors (Lipinski definition) is 0. The van der Waals surface area contributed by atoms with Gasteiger partial charge in [-0.05, 0) is 37.4 Å². The van der Waals surface area contributed by atoms with Gasteiger partial charge in [0.15, 0.2) is 0 Å². The summed E-state index contributed by atoms with van der Waals surface area (Å²) in [6.45, 7) is 2.22. The Bertz CT molecular complexity index is 398. The largest absolute Gasteiger partial charge is 0.380 e. The molecule has 0 saturated heterocycles. The molecule has 1 saturated carbocycles. The van der Waals surface area contributed by atoms with E-state index in [9.17, 15) is 0 Å². The smallest absolute Gasteiger partial charge is 0.0744 e. The highest BCUT2D eigenvalue weighted by molar-refractivity contribution is 9.28. The molecule has 1 aliphatic rings. The van der Waals surface area contributed by atoms with Gasteiger partial charge < -0.3 is 4.74 Å². The minimum Gasteiger partial charge on any atom is -0.380 e. The third-order valence-corrected chi connectivity index (χ3v) is 3.77. The first kappa shape index (κ1) is 12.3. The second-order valence-electron chi connectivity index (χ2n) is 4.34.